The minimum Gasteiger partial charge on any atom is -0.462 e. The van der Waals surface area contributed by atoms with Crippen LogP contribution in [0.4, 0.5) is 0 Å². The fourth-order valence-corrected chi connectivity index (χ4v) is 1.81. The molecule has 3 heteroatoms. The van der Waals surface area contributed by atoms with E-state index in [0.717, 1.165) is 45.1 Å². The molecule has 0 rings (SSSR count). The molecule has 0 aliphatic heterocycles. The van der Waals surface area contributed by atoms with Gasteiger partial charge in [0.1, 0.15) is 0 Å². The molecule has 0 aliphatic carbocycles. The first kappa shape index (κ1) is 16.2. The van der Waals surface area contributed by atoms with Crippen molar-refractivity contribution in [1.29, 1.82) is 0 Å². The van der Waals surface area contributed by atoms with Crippen molar-refractivity contribution in [2.75, 3.05) is 13.2 Å². The molecule has 0 atom stereocenters. The van der Waals surface area contributed by atoms with Crippen LogP contribution in [-0.4, -0.2) is 19.1 Å². The highest BCUT2D eigenvalue weighted by Gasteiger charge is 2.16. The van der Waals surface area contributed by atoms with Gasteiger partial charge in [-0.05, 0) is 38.1 Å². The first-order chi connectivity index (χ1) is 8.17. The molecule has 0 aromatic carbocycles. The molecule has 2 N–H and O–H groups in total. The van der Waals surface area contributed by atoms with Gasteiger partial charge in [0.2, 0.25) is 0 Å². The predicted octanol–water partition coefficient (Wildman–Crippen LogP) is 3.04. The second-order valence-electron chi connectivity index (χ2n) is 4.38. The fraction of sp³-hybridized carbons (Fsp3) is 0.786. The van der Waals surface area contributed by atoms with E-state index in [2.05, 4.69) is 20.4 Å². The Bertz CT molecular complexity index is 222. The van der Waals surface area contributed by atoms with Crippen LogP contribution in [-0.2, 0) is 9.53 Å². The van der Waals surface area contributed by atoms with Crippen molar-refractivity contribution >= 4 is 5.97 Å². The van der Waals surface area contributed by atoms with E-state index in [4.69, 9.17) is 10.5 Å². The second kappa shape index (κ2) is 10.3. The van der Waals surface area contributed by atoms with Crippen molar-refractivity contribution < 1.29 is 9.53 Å². The number of ether oxygens (including phenoxy) is 1. The molecule has 0 radical (unpaired) electrons. The molecule has 0 unspecified atom stereocenters. The van der Waals surface area contributed by atoms with E-state index in [1.165, 1.54) is 0 Å². The maximum atomic E-state index is 11.6. The van der Waals surface area contributed by atoms with Crippen molar-refractivity contribution in [3.05, 3.63) is 12.2 Å². The van der Waals surface area contributed by atoms with Gasteiger partial charge in [0, 0.05) is 5.57 Å². The number of nitrogens with two attached hydrogens (primary N) is 1. The predicted molar refractivity (Wildman–Crippen MR) is 71.7 cm³/mol. The van der Waals surface area contributed by atoms with Gasteiger partial charge in [-0.3, -0.25) is 0 Å². The van der Waals surface area contributed by atoms with Gasteiger partial charge in [-0.1, -0.05) is 33.3 Å². The second-order valence-corrected chi connectivity index (χ2v) is 4.38. The van der Waals surface area contributed by atoms with Gasteiger partial charge in [0.15, 0.2) is 0 Å². The molecule has 0 saturated carbocycles. The number of carbonyl (C=O) groups excluding carboxylic acids is 1. The number of rotatable bonds is 10. The molecule has 0 bridgehead atoms. The largest absolute Gasteiger partial charge is 0.462 e. The Morgan fingerprint density at radius 1 is 1.18 bits per heavy atom. The Hall–Kier alpha value is -0.830. The third kappa shape index (κ3) is 7.16. The van der Waals surface area contributed by atoms with Gasteiger partial charge >= 0.3 is 5.97 Å². The molecule has 0 aromatic heterocycles. The Balaban J connectivity index is 3.67. The molecule has 0 saturated heterocycles. The van der Waals surface area contributed by atoms with Crippen LogP contribution in [0.1, 0.15) is 52.4 Å². The van der Waals surface area contributed by atoms with Crippen LogP contribution in [0.3, 0.4) is 0 Å². The highest BCUT2D eigenvalue weighted by Crippen LogP contribution is 2.18. The summed E-state index contributed by atoms with van der Waals surface area (Å²) in [5.41, 5.74) is 6.02. The van der Waals surface area contributed by atoms with Crippen molar-refractivity contribution in [2.24, 2.45) is 11.7 Å². The third-order valence-corrected chi connectivity index (χ3v) is 3.07. The van der Waals surface area contributed by atoms with Gasteiger partial charge < -0.3 is 10.5 Å². The Morgan fingerprint density at radius 2 is 1.76 bits per heavy atom. The zero-order chi connectivity index (χ0) is 13.1. The SMILES string of the molecule is C=C(C(=O)OCCCCCCN)C(CC)CC. The van der Waals surface area contributed by atoms with Gasteiger partial charge in [0.05, 0.1) is 6.61 Å². The minimum atomic E-state index is -0.225. The smallest absolute Gasteiger partial charge is 0.333 e. The summed E-state index contributed by atoms with van der Waals surface area (Å²) in [5, 5.41) is 0. The van der Waals surface area contributed by atoms with Crippen LogP contribution in [0.15, 0.2) is 12.2 Å². The van der Waals surface area contributed by atoms with E-state index in [0.29, 0.717) is 12.2 Å². The van der Waals surface area contributed by atoms with Crippen LogP contribution < -0.4 is 5.73 Å². The topological polar surface area (TPSA) is 52.3 Å². The lowest BCUT2D eigenvalue weighted by atomic mass is 9.95. The number of hydrogen-bond acceptors (Lipinski definition) is 3. The van der Waals surface area contributed by atoms with Crippen LogP contribution in [0.25, 0.3) is 0 Å². The lowest BCUT2D eigenvalue weighted by Gasteiger charge is -2.14. The Labute approximate surface area is 105 Å². The zero-order valence-corrected chi connectivity index (χ0v) is 11.3. The molecule has 0 fully saturated rings. The number of hydrogen-bond donors (Lipinski definition) is 1. The highest BCUT2D eigenvalue weighted by molar-refractivity contribution is 5.88. The quantitative estimate of drug-likeness (QED) is 0.363. The zero-order valence-electron chi connectivity index (χ0n) is 11.3. The molecular formula is C14H27NO2. The lowest BCUT2D eigenvalue weighted by molar-refractivity contribution is -0.139. The van der Waals surface area contributed by atoms with E-state index < -0.39 is 0 Å². The molecular weight excluding hydrogens is 214 g/mol. The fourth-order valence-electron chi connectivity index (χ4n) is 1.81. The normalized spacial score (nSPS) is 10.6. The minimum absolute atomic E-state index is 0.225. The summed E-state index contributed by atoms with van der Waals surface area (Å²) in [6, 6.07) is 0. The summed E-state index contributed by atoms with van der Waals surface area (Å²) in [5.74, 6) is 0.0391. The molecule has 0 aromatic rings. The molecule has 17 heavy (non-hydrogen) atoms. The van der Waals surface area contributed by atoms with E-state index in [-0.39, 0.29) is 11.9 Å². The Morgan fingerprint density at radius 3 is 2.29 bits per heavy atom. The molecule has 0 amide bonds. The van der Waals surface area contributed by atoms with E-state index >= 15 is 0 Å². The average molecular weight is 241 g/mol. The molecule has 0 heterocycles. The van der Waals surface area contributed by atoms with E-state index in [9.17, 15) is 4.79 Å². The summed E-state index contributed by atoms with van der Waals surface area (Å²) >= 11 is 0. The van der Waals surface area contributed by atoms with Crippen LogP contribution in [0.5, 0.6) is 0 Å². The summed E-state index contributed by atoms with van der Waals surface area (Å²) in [7, 11) is 0. The standard InChI is InChI=1S/C14H27NO2/c1-4-13(5-2)12(3)14(16)17-11-9-7-6-8-10-15/h13H,3-11,15H2,1-2H3. The summed E-state index contributed by atoms with van der Waals surface area (Å²) in [4.78, 5) is 11.6. The van der Waals surface area contributed by atoms with Crippen molar-refractivity contribution in [3.8, 4) is 0 Å². The van der Waals surface area contributed by atoms with Crippen LogP contribution in [0, 0.1) is 5.92 Å². The maximum Gasteiger partial charge on any atom is 0.333 e. The first-order valence-corrected chi connectivity index (χ1v) is 6.73. The molecule has 100 valence electrons. The van der Waals surface area contributed by atoms with E-state index in [1.54, 1.807) is 0 Å². The number of esters is 1. The monoisotopic (exact) mass is 241 g/mol. The molecule has 3 nitrogen and oxygen atoms in total. The lowest BCUT2D eigenvalue weighted by Crippen LogP contribution is -2.15. The Kier molecular flexibility index (Phi) is 9.83. The summed E-state index contributed by atoms with van der Waals surface area (Å²) in [6.45, 7) is 9.22. The summed E-state index contributed by atoms with van der Waals surface area (Å²) < 4.78 is 5.20. The number of carbonyl (C=O) groups is 1. The van der Waals surface area contributed by atoms with Crippen LogP contribution >= 0.6 is 0 Å². The van der Waals surface area contributed by atoms with Gasteiger partial charge in [-0.2, -0.15) is 0 Å². The molecule has 0 spiro atoms. The maximum absolute atomic E-state index is 11.6. The average Bonchev–Trinajstić information content (AvgIpc) is 2.34. The molecule has 0 aliphatic rings. The van der Waals surface area contributed by atoms with E-state index in [1.807, 2.05) is 0 Å². The first-order valence-electron chi connectivity index (χ1n) is 6.73. The van der Waals surface area contributed by atoms with Crippen molar-refractivity contribution in [2.45, 2.75) is 52.4 Å². The van der Waals surface area contributed by atoms with Gasteiger partial charge in [-0.15, -0.1) is 0 Å². The van der Waals surface area contributed by atoms with Gasteiger partial charge in [-0.25, -0.2) is 4.79 Å². The van der Waals surface area contributed by atoms with Crippen molar-refractivity contribution in [3.63, 3.8) is 0 Å². The van der Waals surface area contributed by atoms with Gasteiger partial charge in [0.25, 0.3) is 0 Å². The van der Waals surface area contributed by atoms with Crippen molar-refractivity contribution in [1.82, 2.24) is 0 Å². The summed E-state index contributed by atoms with van der Waals surface area (Å²) in [6.07, 6.45) is 6.04. The van der Waals surface area contributed by atoms with Crippen LogP contribution in [0.2, 0.25) is 0 Å². The highest BCUT2D eigenvalue weighted by atomic mass is 16.5. The third-order valence-electron chi connectivity index (χ3n) is 3.07. The number of unbranched alkanes of at least 4 members (excludes halogenated alkanes) is 3.